The van der Waals surface area contributed by atoms with Crippen LogP contribution < -0.4 is 10.1 Å². The number of rotatable bonds is 10. The van der Waals surface area contributed by atoms with Crippen molar-refractivity contribution >= 4 is 5.97 Å². The van der Waals surface area contributed by atoms with Gasteiger partial charge in [0.1, 0.15) is 18.1 Å². The molecule has 0 saturated carbocycles. The van der Waals surface area contributed by atoms with E-state index in [1.807, 2.05) is 46.8 Å². The maximum absolute atomic E-state index is 11.6. The highest BCUT2D eigenvalue weighted by Crippen LogP contribution is 2.32. The zero-order valence-corrected chi connectivity index (χ0v) is 21.0. The minimum Gasteiger partial charge on any atom is -0.508 e. The van der Waals surface area contributed by atoms with Gasteiger partial charge >= 0.3 is 5.97 Å². The Bertz CT molecular complexity index is 1150. The van der Waals surface area contributed by atoms with Crippen molar-refractivity contribution in [3.05, 3.63) is 82.4 Å². The van der Waals surface area contributed by atoms with Crippen LogP contribution in [0.25, 0.3) is 11.1 Å². The molecule has 0 saturated heterocycles. The summed E-state index contributed by atoms with van der Waals surface area (Å²) in [5, 5.41) is 32.7. The number of aromatic hydroxyl groups is 1. The highest BCUT2D eigenvalue weighted by Gasteiger charge is 2.17. The molecular formula is C29H35NO5. The number of nitrogens with one attached hydrogen (secondary N) is 1. The van der Waals surface area contributed by atoms with Crippen molar-refractivity contribution in [2.24, 2.45) is 0 Å². The van der Waals surface area contributed by atoms with E-state index in [0.717, 1.165) is 39.1 Å². The van der Waals surface area contributed by atoms with E-state index in [9.17, 15) is 20.1 Å². The van der Waals surface area contributed by atoms with Crippen LogP contribution in [0.1, 0.15) is 65.4 Å². The van der Waals surface area contributed by atoms with Gasteiger partial charge in [-0.2, -0.15) is 0 Å². The number of phenols is 1. The lowest BCUT2D eigenvalue weighted by molar-refractivity contribution is 0.0695. The Morgan fingerprint density at radius 3 is 2.14 bits per heavy atom. The number of hydrogen-bond acceptors (Lipinski definition) is 5. The van der Waals surface area contributed by atoms with Gasteiger partial charge in [-0.25, -0.2) is 4.79 Å². The van der Waals surface area contributed by atoms with Gasteiger partial charge in [-0.15, -0.1) is 0 Å². The summed E-state index contributed by atoms with van der Waals surface area (Å²) in [7, 11) is 0. The Balaban J connectivity index is 1.65. The minimum absolute atomic E-state index is 0.105. The summed E-state index contributed by atoms with van der Waals surface area (Å²) in [6.07, 6.45) is -0.693. The third-order valence-electron chi connectivity index (χ3n) is 6.22. The van der Waals surface area contributed by atoms with Crippen LogP contribution in [0.2, 0.25) is 0 Å². The van der Waals surface area contributed by atoms with Crippen molar-refractivity contribution < 1.29 is 24.9 Å². The van der Waals surface area contributed by atoms with Crippen LogP contribution in [-0.2, 0) is 0 Å². The molecule has 0 aliphatic carbocycles. The zero-order valence-electron chi connectivity index (χ0n) is 21.0. The summed E-state index contributed by atoms with van der Waals surface area (Å²) in [6.45, 7) is 10.9. The average molecular weight is 478 g/mol. The number of aryl methyl sites for hydroxylation is 2. The van der Waals surface area contributed by atoms with Gasteiger partial charge in [0.2, 0.25) is 0 Å². The Morgan fingerprint density at radius 1 is 0.943 bits per heavy atom. The van der Waals surface area contributed by atoms with E-state index in [-0.39, 0.29) is 17.7 Å². The topological polar surface area (TPSA) is 99.0 Å². The Labute approximate surface area is 207 Å². The fourth-order valence-electron chi connectivity index (χ4n) is 4.27. The molecule has 6 heteroatoms. The van der Waals surface area contributed by atoms with Gasteiger partial charge in [0.25, 0.3) is 0 Å². The standard InChI is InChI=1S/C29H35NO5/c1-17(2)26-16-22(8-11-25(26)29(33)34)23-14-18(3)28(19(4)15-23)35-13-12-30-20(5)27(32)21-6-9-24(31)10-7-21/h6-11,14-17,20,27,30-32H,12-13H2,1-5H3,(H,33,34)/t20-,27+/m0/s1. The molecule has 0 radical (unpaired) electrons. The highest BCUT2D eigenvalue weighted by atomic mass is 16.5. The maximum Gasteiger partial charge on any atom is 0.335 e. The first-order chi connectivity index (χ1) is 16.6. The van der Waals surface area contributed by atoms with Crippen molar-refractivity contribution in [1.29, 1.82) is 0 Å². The number of aromatic carboxylic acids is 1. The molecule has 6 nitrogen and oxygen atoms in total. The first kappa shape index (κ1) is 26.3. The zero-order chi connectivity index (χ0) is 25.7. The largest absolute Gasteiger partial charge is 0.508 e. The van der Waals surface area contributed by atoms with Crippen LogP contribution in [0, 0.1) is 13.8 Å². The van der Waals surface area contributed by atoms with E-state index in [1.165, 1.54) is 0 Å². The van der Waals surface area contributed by atoms with E-state index in [1.54, 1.807) is 30.3 Å². The number of carbonyl (C=O) groups is 1. The minimum atomic E-state index is -0.908. The van der Waals surface area contributed by atoms with E-state index < -0.39 is 12.1 Å². The quantitative estimate of drug-likeness (QED) is 0.284. The summed E-state index contributed by atoms with van der Waals surface area (Å²) in [6, 6.07) is 16.0. The number of ether oxygens (including phenoxy) is 1. The molecule has 0 aliphatic rings. The second kappa shape index (κ2) is 11.4. The summed E-state index contributed by atoms with van der Waals surface area (Å²) in [5.41, 5.74) is 5.92. The summed E-state index contributed by atoms with van der Waals surface area (Å²) in [5.74, 6) is 0.195. The van der Waals surface area contributed by atoms with Gasteiger partial charge < -0.3 is 25.4 Å². The van der Waals surface area contributed by atoms with E-state index in [4.69, 9.17) is 4.74 Å². The van der Waals surface area contributed by atoms with Crippen LogP contribution in [-0.4, -0.2) is 40.5 Å². The molecule has 0 bridgehead atoms. The molecule has 35 heavy (non-hydrogen) atoms. The van der Waals surface area contributed by atoms with Crippen LogP contribution in [0.15, 0.2) is 54.6 Å². The molecule has 0 amide bonds. The molecule has 3 aromatic rings. The molecule has 2 atom stereocenters. The Kier molecular flexibility index (Phi) is 8.54. The number of aliphatic hydroxyl groups is 1. The van der Waals surface area contributed by atoms with Crippen LogP contribution in [0.5, 0.6) is 11.5 Å². The van der Waals surface area contributed by atoms with Gasteiger partial charge in [-0.1, -0.05) is 38.1 Å². The van der Waals surface area contributed by atoms with Crippen molar-refractivity contribution in [2.75, 3.05) is 13.2 Å². The van der Waals surface area contributed by atoms with E-state index >= 15 is 0 Å². The number of carboxylic acid groups (broad SMARTS) is 1. The summed E-state index contributed by atoms with van der Waals surface area (Å²) in [4.78, 5) is 11.6. The smallest absolute Gasteiger partial charge is 0.335 e. The number of aliphatic hydroxyl groups excluding tert-OH is 1. The highest BCUT2D eigenvalue weighted by molar-refractivity contribution is 5.90. The molecule has 0 fully saturated rings. The number of phenolic OH excluding ortho intramolecular Hbond substituents is 1. The molecule has 0 spiro atoms. The fraction of sp³-hybridized carbons (Fsp3) is 0.345. The molecular weight excluding hydrogens is 442 g/mol. The van der Waals surface area contributed by atoms with Gasteiger partial charge in [0.15, 0.2) is 0 Å². The monoisotopic (exact) mass is 477 g/mol. The second-order valence-electron chi connectivity index (χ2n) is 9.33. The fourth-order valence-corrected chi connectivity index (χ4v) is 4.27. The molecule has 3 rings (SSSR count). The Morgan fingerprint density at radius 2 is 1.57 bits per heavy atom. The molecule has 0 unspecified atom stereocenters. The van der Waals surface area contributed by atoms with Crippen LogP contribution in [0.3, 0.4) is 0 Å². The molecule has 0 aromatic heterocycles. The molecule has 0 aliphatic heterocycles. The van der Waals surface area contributed by atoms with Gasteiger partial charge in [-0.05, 0) is 90.4 Å². The summed E-state index contributed by atoms with van der Waals surface area (Å²) >= 11 is 0. The second-order valence-corrected chi connectivity index (χ2v) is 9.33. The SMILES string of the molecule is Cc1cc(-c2ccc(C(=O)O)c(C(C)C)c2)cc(C)c1OCCN[C@@H](C)[C@@H](O)c1ccc(O)cc1. The lowest BCUT2D eigenvalue weighted by atomic mass is 9.91. The first-order valence-electron chi connectivity index (χ1n) is 11.9. The van der Waals surface area contributed by atoms with Crippen molar-refractivity contribution in [3.8, 4) is 22.6 Å². The molecule has 0 heterocycles. The number of hydrogen-bond donors (Lipinski definition) is 4. The molecule has 4 N–H and O–H groups in total. The molecule has 3 aromatic carbocycles. The normalized spacial score (nSPS) is 13.0. The third kappa shape index (κ3) is 6.41. The average Bonchev–Trinajstić information content (AvgIpc) is 2.82. The maximum atomic E-state index is 11.6. The van der Waals surface area contributed by atoms with Crippen molar-refractivity contribution in [3.63, 3.8) is 0 Å². The Hall–Kier alpha value is -3.35. The predicted octanol–water partition coefficient (Wildman–Crippen LogP) is 5.59. The van der Waals surface area contributed by atoms with E-state index in [0.29, 0.717) is 18.7 Å². The van der Waals surface area contributed by atoms with E-state index in [2.05, 4.69) is 17.4 Å². The van der Waals surface area contributed by atoms with Crippen molar-refractivity contribution in [1.82, 2.24) is 5.32 Å². The van der Waals surface area contributed by atoms with Crippen molar-refractivity contribution in [2.45, 2.75) is 52.7 Å². The summed E-state index contributed by atoms with van der Waals surface area (Å²) < 4.78 is 6.07. The van der Waals surface area contributed by atoms with Gasteiger partial charge in [-0.3, -0.25) is 0 Å². The lowest BCUT2D eigenvalue weighted by Crippen LogP contribution is -2.35. The third-order valence-corrected chi connectivity index (χ3v) is 6.22. The van der Waals surface area contributed by atoms with Gasteiger partial charge in [0.05, 0.1) is 11.7 Å². The molecule has 186 valence electrons. The number of benzene rings is 3. The van der Waals surface area contributed by atoms with Gasteiger partial charge in [0, 0.05) is 12.6 Å². The lowest BCUT2D eigenvalue weighted by Gasteiger charge is -2.21. The van der Waals surface area contributed by atoms with Crippen LogP contribution >= 0.6 is 0 Å². The van der Waals surface area contributed by atoms with Crippen LogP contribution in [0.4, 0.5) is 0 Å². The number of carboxylic acids is 1. The first-order valence-corrected chi connectivity index (χ1v) is 11.9. The predicted molar refractivity (Wildman–Crippen MR) is 138 cm³/mol.